The molecule has 2 saturated carbocycles. The van der Waals surface area contributed by atoms with Crippen LogP contribution in [-0.2, 0) is 9.53 Å². The van der Waals surface area contributed by atoms with Gasteiger partial charge in [-0.15, -0.1) is 0 Å². The van der Waals surface area contributed by atoms with Gasteiger partial charge in [0.2, 0.25) is 0 Å². The smallest absolute Gasteiger partial charge is 0.165 e. The first-order valence-electron chi connectivity index (χ1n) is 5.00. The van der Waals surface area contributed by atoms with Gasteiger partial charge in [-0.3, -0.25) is 4.79 Å². The van der Waals surface area contributed by atoms with Crippen LogP contribution in [0.5, 0.6) is 0 Å². The van der Waals surface area contributed by atoms with Gasteiger partial charge >= 0.3 is 0 Å². The lowest BCUT2D eigenvalue weighted by Crippen LogP contribution is -2.60. The molecule has 2 aliphatic carbocycles. The van der Waals surface area contributed by atoms with Gasteiger partial charge in [0.1, 0.15) is 6.10 Å². The molecule has 66 valence electrons. The zero-order chi connectivity index (χ0) is 8.18. The van der Waals surface area contributed by atoms with E-state index in [0.717, 1.165) is 19.4 Å². The fourth-order valence-corrected chi connectivity index (χ4v) is 3.42. The SMILES string of the molecule is O=C1[C@@H]2CCCC[C@@]23CCO[C@@H]13. The summed E-state index contributed by atoms with van der Waals surface area (Å²) in [4.78, 5) is 11.5. The molecule has 1 spiro atoms. The summed E-state index contributed by atoms with van der Waals surface area (Å²) in [5.41, 5.74) is 0.329. The number of carbonyl (C=O) groups is 1. The van der Waals surface area contributed by atoms with E-state index in [-0.39, 0.29) is 6.10 Å². The van der Waals surface area contributed by atoms with Crippen LogP contribution in [0, 0.1) is 11.3 Å². The summed E-state index contributed by atoms with van der Waals surface area (Å²) < 4.78 is 5.47. The van der Waals surface area contributed by atoms with E-state index in [1.54, 1.807) is 0 Å². The number of ketones is 1. The molecule has 0 amide bonds. The lowest BCUT2D eigenvalue weighted by Gasteiger charge is -2.52. The van der Waals surface area contributed by atoms with Crippen LogP contribution in [0.15, 0.2) is 0 Å². The van der Waals surface area contributed by atoms with Crippen LogP contribution in [0.4, 0.5) is 0 Å². The molecule has 0 aromatic heterocycles. The van der Waals surface area contributed by atoms with Crippen molar-refractivity contribution in [2.45, 2.75) is 38.2 Å². The minimum atomic E-state index is 0.0165. The third-order valence-corrected chi connectivity index (χ3v) is 4.06. The van der Waals surface area contributed by atoms with Crippen LogP contribution in [0.2, 0.25) is 0 Å². The van der Waals surface area contributed by atoms with Crippen LogP contribution >= 0.6 is 0 Å². The molecular formula is C10H14O2. The van der Waals surface area contributed by atoms with Gasteiger partial charge in [-0.1, -0.05) is 12.8 Å². The first kappa shape index (κ1) is 7.07. The second-order valence-corrected chi connectivity index (χ2v) is 4.43. The van der Waals surface area contributed by atoms with Crippen molar-refractivity contribution in [3.63, 3.8) is 0 Å². The molecule has 1 heterocycles. The Balaban J connectivity index is 1.94. The average molecular weight is 166 g/mol. The number of Topliss-reactive ketones (excluding diaryl/α,β-unsaturated/α-hetero) is 1. The highest BCUT2D eigenvalue weighted by atomic mass is 16.5. The Hall–Kier alpha value is -0.370. The molecule has 3 atom stereocenters. The summed E-state index contributed by atoms with van der Waals surface area (Å²) in [7, 11) is 0. The molecule has 3 aliphatic rings. The highest BCUT2D eigenvalue weighted by Crippen LogP contribution is 2.59. The number of hydrogen-bond donors (Lipinski definition) is 0. The highest BCUT2D eigenvalue weighted by Gasteiger charge is 2.65. The maximum atomic E-state index is 11.5. The van der Waals surface area contributed by atoms with Crippen molar-refractivity contribution in [2.75, 3.05) is 6.61 Å². The minimum absolute atomic E-state index is 0.0165. The molecule has 1 aliphatic heterocycles. The molecule has 1 saturated heterocycles. The molecule has 2 nitrogen and oxygen atoms in total. The van der Waals surface area contributed by atoms with Crippen molar-refractivity contribution in [3.8, 4) is 0 Å². The van der Waals surface area contributed by atoms with E-state index < -0.39 is 0 Å². The number of ether oxygens (including phenoxy) is 1. The van der Waals surface area contributed by atoms with Crippen molar-refractivity contribution < 1.29 is 9.53 Å². The van der Waals surface area contributed by atoms with Gasteiger partial charge in [0.25, 0.3) is 0 Å². The third-order valence-electron chi connectivity index (χ3n) is 4.06. The first-order chi connectivity index (χ1) is 5.84. The largest absolute Gasteiger partial charge is 0.370 e. The summed E-state index contributed by atoms with van der Waals surface area (Å²) in [6.45, 7) is 0.826. The third kappa shape index (κ3) is 0.598. The van der Waals surface area contributed by atoms with E-state index in [9.17, 15) is 4.79 Å². The summed E-state index contributed by atoms with van der Waals surface area (Å²) in [6, 6.07) is 0. The van der Waals surface area contributed by atoms with Crippen LogP contribution in [0.25, 0.3) is 0 Å². The monoisotopic (exact) mass is 166 g/mol. The summed E-state index contributed by atoms with van der Waals surface area (Å²) >= 11 is 0. The van der Waals surface area contributed by atoms with Crippen molar-refractivity contribution in [1.29, 1.82) is 0 Å². The Bertz CT molecular complexity index is 236. The van der Waals surface area contributed by atoms with Crippen LogP contribution in [0.3, 0.4) is 0 Å². The number of carbonyl (C=O) groups excluding carboxylic acids is 1. The number of rotatable bonds is 0. The zero-order valence-corrected chi connectivity index (χ0v) is 7.21. The molecular weight excluding hydrogens is 152 g/mol. The molecule has 0 unspecified atom stereocenters. The first-order valence-corrected chi connectivity index (χ1v) is 5.00. The predicted molar refractivity (Wildman–Crippen MR) is 43.8 cm³/mol. The Morgan fingerprint density at radius 3 is 3.17 bits per heavy atom. The molecule has 3 rings (SSSR count). The molecule has 0 radical (unpaired) electrons. The van der Waals surface area contributed by atoms with Crippen LogP contribution < -0.4 is 0 Å². The molecule has 0 aromatic rings. The summed E-state index contributed by atoms with van der Waals surface area (Å²) in [5, 5.41) is 0. The number of hydrogen-bond acceptors (Lipinski definition) is 2. The zero-order valence-electron chi connectivity index (χ0n) is 7.21. The van der Waals surface area contributed by atoms with E-state index in [1.807, 2.05) is 0 Å². The molecule has 2 heteroatoms. The van der Waals surface area contributed by atoms with Crippen LogP contribution in [-0.4, -0.2) is 18.5 Å². The Labute approximate surface area is 72.3 Å². The maximum absolute atomic E-state index is 11.5. The van der Waals surface area contributed by atoms with Gasteiger partial charge in [0, 0.05) is 17.9 Å². The molecule has 0 aromatic carbocycles. The van der Waals surface area contributed by atoms with Gasteiger partial charge in [-0.2, -0.15) is 0 Å². The standard InChI is InChI=1S/C10H14O2/c11-8-7-3-1-2-4-10(7)5-6-12-9(8)10/h7,9H,1-6H2/t7-,9-,10+/m0/s1. The van der Waals surface area contributed by atoms with E-state index in [1.165, 1.54) is 19.3 Å². The second-order valence-electron chi connectivity index (χ2n) is 4.43. The lowest BCUT2D eigenvalue weighted by atomic mass is 9.51. The van der Waals surface area contributed by atoms with Gasteiger partial charge < -0.3 is 4.74 Å². The van der Waals surface area contributed by atoms with Crippen molar-refractivity contribution in [3.05, 3.63) is 0 Å². The van der Waals surface area contributed by atoms with Crippen molar-refractivity contribution in [1.82, 2.24) is 0 Å². The van der Waals surface area contributed by atoms with E-state index in [4.69, 9.17) is 4.74 Å². The van der Waals surface area contributed by atoms with E-state index >= 15 is 0 Å². The van der Waals surface area contributed by atoms with Crippen molar-refractivity contribution >= 4 is 5.78 Å². The van der Waals surface area contributed by atoms with Gasteiger partial charge in [0.15, 0.2) is 5.78 Å². The quantitative estimate of drug-likeness (QED) is 0.545. The van der Waals surface area contributed by atoms with E-state index in [2.05, 4.69) is 0 Å². The van der Waals surface area contributed by atoms with Gasteiger partial charge in [0.05, 0.1) is 0 Å². The topological polar surface area (TPSA) is 26.3 Å². The van der Waals surface area contributed by atoms with Crippen LogP contribution in [0.1, 0.15) is 32.1 Å². The normalized spacial score (nSPS) is 51.2. The molecule has 0 bridgehead atoms. The second kappa shape index (κ2) is 2.11. The predicted octanol–water partition coefficient (Wildman–Crippen LogP) is 1.53. The van der Waals surface area contributed by atoms with Gasteiger partial charge in [-0.25, -0.2) is 0 Å². The molecule has 0 N–H and O–H groups in total. The van der Waals surface area contributed by atoms with E-state index in [0.29, 0.717) is 17.1 Å². The summed E-state index contributed by atoms with van der Waals surface area (Å²) in [6.07, 6.45) is 6.11. The minimum Gasteiger partial charge on any atom is -0.370 e. The average Bonchev–Trinajstić information content (AvgIpc) is 2.43. The fourth-order valence-electron chi connectivity index (χ4n) is 3.42. The van der Waals surface area contributed by atoms with Crippen molar-refractivity contribution in [2.24, 2.45) is 11.3 Å². The highest BCUT2D eigenvalue weighted by molar-refractivity contribution is 5.94. The Morgan fingerprint density at radius 1 is 1.33 bits per heavy atom. The fraction of sp³-hybridized carbons (Fsp3) is 0.900. The Kier molecular flexibility index (Phi) is 1.24. The summed E-state index contributed by atoms with van der Waals surface area (Å²) in [5.74, 6) is 0.797. The molecule has 12 heavy (non-hydrogen) atoms. The Morgan fingerprint density at radius 2 is 2.25 bits per heavy atom. The lowest BCUT2D eigenvalue weighted by molar-refractivity contribution is -0.167. The molecule has 3 fully saturated rings. The maximum Gasteiger partial charge on any atom is 0.165 e. The van der Waals surface area contributed by atoms with Gasteiger partial charge in [-0.05, 0) is 19.3 Å².